The molecule has 20 heavy (non-hydrogen) atoms. The number of hydrogen-bond acceptors (Lipinski definition) is 3. The van der Waals surface area contributed by atoms with Crippen LogP contribution < -0.4 is 5.73 Å². The fourth-order valence-corrected chi connectivity index (χ4v) is 3.40. The van der Waals surface area contributed by atoms with E-state index < -0.39 is 0 Å². The number of carbonyl (C=O) groups is 1. The second-order valence-electron chi connectivity index (χ2n) is 5.78. The van der Waals surface area contributed by atoms with Crippen LogP contribution >= 0.6 is 0 Å². The van der Waals surface area contributed by atoms with E-state index in [1.165, 1.54) is 32.1 Å². The molecule has 1 saturated heterocycles. The third-order valence-corrected chi connectivity index (χ3v) is 4.43. The van der Waals surface area contributed by atoms with E-state index in [1.54, 1.807) is 6.07 Å². The highest BCUT2D eigenvalue weighted by molar-refractivity contribution is 5.92. The SMILES string of the molecule is NC(=O)c1cccc(C2CCON2C2CCCCC2)c1. The molecule has 0 radical (unpaired) electrons. The summed E-state index contributed by atoms with van der Waals surface area (Å²) in [6.07, 6.45) is 7.33. The van der Waals surface area contributed by atoms with Gasteiger partial charge in [0.2, 0.25) is 5.91 Å². The van der Waals surface area contributed by atoms with Crippen molar-refractivity contribution in [1.82, 2.24) is 5.06 Å². The predicted octanol–water partition coefficient (Wildman–Crippen LogP) is 2.80. The minimum Gasteiger partial charge on any atom is -0.366 e. The minimum atomic E-state index is -0.366. The number of carbonyl (C=O) groups excluding carboxylic acids is 1. The third kappa shape index (κ3) is 2.72. The van der Waals surface area contributed by atoms with Gasteiger partial charge in [0, 0.05) is 11.6 Å². The van der Waals surface area contributed by atoms with Crippen LogP contribution in [-0.4, -0.2) is 23.6 Å². The summed E-state index contributed by atoms with van der Waals surface area (Å²) in [5, 5.41) is 2.18. The Bertz CT molecular complexity index is 483. The van der Waals surface area contributed by atoms with Gasteiger partial charge in [-0.1, -0.05) is 31.4 Å². The summed E-state index contributed by atoms with van der Waals surface area (Å²) < 4.78 is 0. The standard InChI is InChI=1S/C16H22N2O2/c17-16(19)13-6-4-5-12(11-13)15-9-10-20-18(15)14-7-2-1-3-8-14/h4-6,11,14-15H,1-3,7-10H2,(H2,17,19). The first-order chi connectivity index (χ1) is 9.75. The van der Waals surface area contributed by atoms with Crippen molar-refractivity contribution in [2.45, 2.75) is 50.6 Å². The van der Waals surface area contributed by atoms with Crippen molar-refractivity contribution in [3.8, 4) is 0 Å². The van der Waals surface area contributed by atoms with Crippen LogP contribution in [0.3, 0.4) is 0 Å². The molecule has 1 aliphatic carbocycles. The summed E-state index contributed by atoms with van der Waals surface area (Å²) >= 11 is 0. The molecule has 1 aliphatic heterocycles. The fourth-order valence-electron chi connectivity index (χ4n) is 3.40. The van der Waals surface area contributed by atoms with Crippen LogP contribution in [0, 0.1) is 0 Å². The summed E-state index contributed by atoms with van der Waals surface area (Å²) in [6, 6.07) is 8.45. The molecule has 0 spiro atoms. The largest absolute Gasteiger partial charge is 0.366 e. The van der Waals surface area contributed by atoms with Crippen molar-refractivity contribution in [1.29, 1.82) is 0 Å². The molecule has 4 nitrogen and oxygen atoms in total. The highest BCUT2D eigenvalue weighted by atomic mass is 16.7. The number of primary amides is 1. The van der Waals surface area contributed by atoms with E-state index in [2.05, 4.69) is 11.1 Å². The molecule has 2 fully saturated rings. The van der Waals surface area contributed by atoms with E-state index >= 15 is 0 Å². The minimum absolute atomic E-state index is 0.261. The van der Waals surface area contributed by atoms with Crippen LogP contribution in [0.15, 0.2) is 24.3 Å². The molecule has 0 aromatic heterocycles. The summed E-state index contributed by atoms with van der Waals surface area (Å²) in [7, 11) is 0. The Labute approximate surface area is 119 Å². The highest BCUT2D eigenvalue weighted by Gasteiger charge is 2.34. The monoisotopic (exact) mass is 274 g/mol. The van der Waals surface area contributed by atoms with Crippen LogP contribution in [0.2, 0.25) is 0 Å². The van der Waals surface area contributed by atoms with Crippen LogP contribution in [0.1, 0.15) is 60.5 Å². The van der Waals surface area contributed by atoms with Crippen molar-refractivity contribution < 1.29 is 9.63 Å². The van der Waals surface area contributed by atoms with E-state index in [-0.39, 0.29) is 11.9 Å². The number of nitrogens with two attached hydrogens (primary N) is 1. The summed E-state index contributed by atoms with van der Waals surface area (Å²) in [4.78, 5) is 17.2. The average Bonchev–Trinajstić information content (AvgIpc) is 2.98. The fraction of sp³-hybridized carbons (Fsp3) is 0.562. The molecule has 1 amide bonds. The first-order valence-electron chi connectivity index (χ1n) is 7.57. The van der Waals surface area contributed by atoms with Crippen molar-refractivity contribution in [2.24, 2.45) is 5.73 Å². The summed E-state index contributed by atoms with van der Waals surface area (Å²) in [6.45, 7) is 0.766. The Morgan fingerprint density at radius 3 is 2.75 bits per heavy atom. The Kier molecular flexibility index (Phi) is 4.03. The lowest BCUT2D eigenvalue weighted by Gasteiger charge is -2.33. The lowest BCUT2D eigenvalue weighted by atomic mass is 9.93. The molecule has 1 heterocycles. The highest BCUT2D eigenvalue weighted by Crippen LogP contribution is 2.36. The molecular weight excluding hydrogens is 252 g/mol. The lowest BCUT2D eigenvalue weighted by Crippen LogP contribution is -2.35. The zero-order valence-corrected chi connectivity index (χ0v) is 11.8. The molecule has 1 unspecified atom stereocenters. The molecular formula is C16H22N2O2. The Hall–Kier alpha value is -1.39. The number of amides is 1. The second kappa shape index (κ2) is 5.94. The molecule has 0 bridgehead atoms. The third-order valence-electron chi connectivity index (χ3n) is 4.43. The van der Waals surface area contributed by atoms with E-state index in [0.29, 0.717) is 11.6 Å². The van der Waals surface area contributed by atoms with Gasteiger partial charge in [0.25, 0.3) is 0 Å². The smallest absolute Gasteiger partial charge is 0.248 e. The van der Waals surface area contributed by atoms with Crippen LogP contribution in [0.4, 0.5) is 0 Å². The number of rotatable bonds is 3. The maximum absolute atomic E-state index is 11.3. The molecule has 1 aromatic carbocycles. The first-order valence-corrected chi connectivity index (χ1v) is 7.57. The normalized spacial score (nSPS) is 24.9. The molecule has 2 aliphatic rings. The molecule has 2 N–H and O–H groups in total. The number of hydroxylamine groups is 2. The van der Waals surface area contributed by atoms with Gasteiger partial charge in [-0.15, -0.1) is 0 Å². The molecule has 1 saturated carbocycles. The van der Waals surface area contributed by atoms with E-state index in [1.807, 2.05) is 12.1 Å². The van der Waals surface area contributed by atoms with Gasteiger partial charge >= 0.3 is 0 Å². The van der Waals surface area contributed by atoms with Crippen LogP contribution in [-0.2, 0) is 4.84 Å². The average molecular weight is 274 g/mol. The van der Waals surface area contributed by atoms with Gasteiger partial charge < -0.3 is 5.73 Å². The Balaban J connectivity index is 1.80. The molecule has 1 aromatic rings. The van der Waals surface area contributed by atoms with Gasteiger partial charge in [-0.25, -0.2) is 0 Å². The van der Waals surface area contributed by atoms with Crippen molar-refractivity contribution >= 4 is 5.91 Å². The predicted molar refractivity (Wildman–Crippen MR) is 77.0 cm³/mol. The molecule has 4 heteroatoms. The van der Waals surface area contributed by atoms with Gasteiger partial charge in [0.05, 0.1) is 12.6 Å². The Morgan fingerprint density at radius 1 is 1.20 bits per heavy atom. The maximum Gasteiger partial charge on any atom is 0.248 e. The van der Waals surface area contributed by atoms with E-state index in [4.69, 9.17) is 10.6 Å². The van der Waals surface area contributed by atoms with Gasteiger partial charge in [0.15, 0.2) is 0 Å². The zero-order chi connectivity index (χ0) is 13.9. The first kappa shape index (κ1) is 13.6. The van der Waals surface area contributed by atoms with E-state index in [9.17, 15) is 4.79 Å². The summed E-state index contributed by atoms with van der Waals surface area (Å²) in [5.74, 6) is -0.366. The lowest BCUT2D eigenvalue weighted by molar-refractivity contribution is -0.170. The van der Waals surface area contributed by atoms with Gasteiger partial charge in [-0.3, -0.25) is 9.63 Å². The number of nitrogens with zero attached hydrogens (tertiary/aromatic N) is 1. The van der Waals surface area contributed by atoms with Crippen LogP contribution in [0.25, 0.3) is 0 Å². The topological polar surface area (TPSA) is 55.6 Å². The summed E-state index contributed by atoms with van der Waals surface area (Å²) in [5.41, 5.74) is 7.10. The van der Waals surface area contributed by atoms with Gasteiger partial charge in [0.1, 0.15) is 0 Å². The van der Waals surface area contributed by atoms with E-state index in [0.717, 1.165) is 18.6 Å². The zero-order valence-electron chi connectivity index (χ0n) is 11.8. The molecule has 108 valence electrons. The van der Waals surface area contributed by atoms with Gasteiger partial charge in [-0.05, 0) is 37.0 Å². The maximum atomic E-state index is 11.3. The van der Waals surface area contributed by atoms with Crippen molar-refractivity contribution in [2.75, 3.05) is 6.61 Å². The number of hydrogen-bond donors (Lipinski definition) is 1. The molecule has 1 atom stereocenters. The van der Waals surface area contributed by atoms with Crippen molar-refractivity contribution in [3.05, 3.63) is 35.4 Å². The van der Waals surface area contributed by atoms with Crippen LogP contribution in [0.5, 0.6) is 0 Å². The van der Waals surface area contributed by atoms with Gasteiger partial charge in [-0.2, -0.15) is 5.06 Å². The Morgan fingerprint density at radius 2 is 2.00 bits per heavy atom. The molecule has 3 rings (SSSR count). The number of benzene rings is 1. The quantitative estimate of drug-likeness (QED) is 0.922. The van der Waals surface area contributed by atoms with Crippen molar-refractivity contribution in [3.63, 3.8) is 0 Å². The second-order valence-corrected chi connectivity index (χ2v) is 5.78.